The van der Waals surface area contributed by atoms with E-state index in [1.165, 1.54) is 6.07 Å². The summed E-state index contributed by atoms with van der Waals surface area (Å²) in [6.07, 6.45) is 0. The fraction of sp³-hybridized carbons (Fsp3) is 0.0769. The zero-order valence-corrected chi connectivity index (χ0v) is 9.60. The molecule has 5 nitrogen and oxygen atoms in total. The lowest BCUT2D eigenvalue weighted by atomic mass is 9.91. The monoisotopic (exact) mass is 242 g/mol. The van der Waals surface area contributed by atoms with Gasteiger partial charge in [0.15, 0.2) is 0 Å². The first kappa shape index (κ1) is 10.7. The lowest BCUT2D eigenvalue weighted by molar-refractivity contribution is -0.0377. The van der Waals surface area contributed by atoms with E-state index in [0.717, 1.165) is 10.9 Å². The highest BCUT2D eigenvalue weighted by molar-refractivity contribution is 6.25. The fourth-order valence-corrected chi connectivity index (χ4v) is 2.31. The number of amides is 2. The second-order valence-corrected chi connectivity index (χ2v) is 4.29. The molecule has 18 heavy (non-hydrogen) atoms. The number of aryl methyl sites for hydroxylation is 1. The van der Waals surface area contributed by atoms with E-state index < -0.39 is 11.8 Å². The largest absolute Gasteiger partial charge is 0.398 e. The summed E-state index contributed by atoms with van der Waals surface area (Å²) in [4.78, 5) is 23.7. The zero-order valence-electron chi connectivity index (χ0n) is 9.60. The molecule has 0 radical (unpaired) electrons. The van der Waals surface area contributed by atoms with Crippen LogP contribution in [-0.2, 0) is 0 Å². The highest BCUT2D eigenvalue weighted by Crippen LogP contribution is 2.34. The number of nitrogens with zero attached hydrogens (tertiary/aromatic N) is 1. The first-order valence-corrected chi connectivity index (χ1v) is 5.42. The second kappa shape index (κ2) is 3.30. The van der Waals surface area contributed by atoms with Crippen molar-refractivity contribution in [2.24, 2.45) is 0 Å². The molecule has 0 aliphatic carbocycles. The molecule has 0 atom stereocenters. The van der Waals surface area contributed by atoms with Crippen LogP contribution in [0, 0.1) is 6.92 Å². The molecule has 0 aromatic heterocycles. The minimum atomic E-state index is -0.740. The van der Waals surface area contributed by atoms with E-state index in [4.69, 9.17) is 5.73 Å². The average molecular weight is 242 g/mol. The summed E-state index contributed by atoms with van der Waals surface area (Å²) in [7, 11) is 0. The lowest BCUT2D eigenvalue weighted by Gasteiger charge is -2.23. The molecule has 2 amide bonds. The third kappa shape index (κ3) is 1.14. The van der Waals surface area contributed by atoms with Crippen LogP contribution in [0.25, 0.3) is 10.8 Å². The number of rotatable bonds is 0. The van der Waals surface area contributed by atoms with Gasteiger partial charge in [0, 0.05) is 11.1 Å². The molecule has 0 spiro atoms. The molecule has 0 fully saturated rings. The van der Waals surface area contributed by atoms with Crippen molar-refractivity contribution < 1.29 is 14.8 Å². The summed E-state index contributed by atoms with van der Waals surface area (Å²) in [5.74, 6) is -1.45. The Hall–Kier alpha value is -2.40. The number of benzene rings is 2. The predicted molar refractivity (Wildman–Crippen MR) is 65.4 cm³/mol. The Morgan fingerprint density at radius 2 is 1.83 bits per heavy atom. The molecule has 1 heterocycles. The third-order valence-corrected chi connectivity index (χ3v) is 3.32. The van der Waals surface area contributed by atoms with E-state index in [1.54, 1.807) is 12.1 Å². The summed E-state index contributed by atoms with van der Waals surface area (Å²) in [5.41, 5.74) is 7.70. The lowest BCUT2D eigenvalue weighted by Crippen LogP contribution is -2.37. The van der Waals surface area contributed by atoms with Crippen molar-refractivity contribution in [3.63, 3.8) is 0 Å². The van der Waals surface area contributed by atoms with E-state index in [9.17, 15) is 14.8 Å². The van der Waals surface area contributed by atoms with E-state index in [1.807, 2.05) is 13.0 Å². The smallest absolute Gasteiger partial charge is 0.285 e. The van der Waals surface area contributed by atoms with Gasteiger partial charge in [-0.1, -0.05) is 12.1 Å². The standard InChI is InChI=1S/C13H10N2O3/c1-6-7-3-2-4-8-11(7)9(5-10(6)14)13(17)15(18)12(8)16/h2-5,18H,14H2,1H3. The van der Waals surface area contributed by atoms with Gasteiger partial charge in [0.2, 0.25) is 0 Å². The van der Waals surface area contributed by atoms with E-state index in [0.29, 0.717) is 16.6 Å². The van der Waals surface area contributed by atoms with Gasteiger partial charge >= 0.3 is 0 Å². The fourth-order valence-electron chi connectivity index (χ4n) is 2.31. The normalized spacial score (nSPS) is 14.4. The summed E-state index contributed by atoms with van der Waals surface area (Å²) in [6, 6.07) is 6.59. The van der Waals surface area contributed by atoms with Crippen molar-refractivity contribution in [3.8, 4) is 0 Å². The van der Waals surface area contributed by atoms with Gasteiger partial charge in [0.25, 0.3) is 11.8 Å². The Morgan fingerprint density at radius 3 is 2.56 bits per heavy atom. The van der Waals surface area contributed by atoms with Crippen molar-refractivity contribution in [2.75, 3.05) is 5.73 Å². The van der Waals surface area contributed by atoms with Crippen LogP contribution in [0.1, 0.15) is 26.3 Å². The predicted octanol–water partition coefficient (Wildman–Crippen LogP) is 1.72. The van der Waals surface area contributed by atoms with Gasteiger partial charge in [0.05, 0.1) is 11.1 Å². The van der Waals surface area contributed by atoms with Crippen molar-refractivity contribution in [1.82, 2.24) is 5.06 Å². The molecule has 2 aromatic rings. The van der Waals surface area contributed by atoms with Crippen LogP contribution in [0.4, 0.5) is 5.69 Å². The summed E-state index contributed by atoms with van der Waals surface area (Å²) in [6.45, 7) is 1.83. The summed E-state index contributed by atoms with van der Waals surface area (Å²) in [5, 5.41) is 11.0. The number of nitrogen functional groups attached to an aromatic ring is 1. The average Bonchev–Trinajstić information content (AvgIpc) is 2.38. The Labute approximate surface area is 102 Å². The van der Waals surface area contributed by atoms with E-state index in [-0.39, 0.29) is 10.6 Å². The number of hydrogen-bond acceptors (Lipinski definition) is 4. The quantitative estimate of drug-likeness (QED) is 0.418. The van der Waals surface area contributed by atoms with Crippen LogP contribution in [0.2, 0.25) is 0 Å². The van der Waals surface area contributed by atoms with Crippen LogP contribution >= 0.6 is 0 Å². The van der Waals surface area contributed by atoms with Crippen LogP contribution in [0.3, 0.4) is 0 Å². The van der Waals surface area contributed by atoms with Crippen LogP contribution < -0.4 is 5.73 Å². The Bertz CT molecular complexity index is 722. The molecule has 0 bridgehead atoms. The van der Waals surface area contributed by atoms with Gasteiger partial charge in [-0.25, -0.2) is 0 Å². The van der Waals surface area contributed by atoms with Gasteiger partial charge < -0.3 is 5.73 Å². The third-order valence-electron chi connectivity index (χ3n) is 3.32. The highest BCUT2D eigenvalue weighted by Gasteiger charge is 2.32. The number of carbonyl (C=O) groups is 2. The first-order valence-electron chi connectivity index (χ1n) is 5.42. The molecule has 90 valence electrons. The Morgan fingerprint density at radius 1 is 1.17 bits per heavy atom. The molecular weight excluding hydrogens is 232 g/mol. The molecular formula is C13H10N2O3. The number of anilines is 1. The van der Waals surface area contributed by atoms with Crippen molar-refractivity contribution in [1.29, 1.82) is 0 Å². The molecule has 1 aliphatic heterocycles. The topological polar surface area (TPSA) is 83.6 Å². The number of imide groups is 1. The maximum Gasteiger partial charge on any atom is 0.285 e. The Kier molecular flexibility index (Phi) is 1.97. The number of carbonyl (C=O) groups excluding carboxylic acids is 2. The molecule has 3 rings (SSSR count). The zero-order chi connectivity index (χ0) is 13.0. The van der Waals surface area contributed by atoms with Gasteiger partial charge in [-0.3, -0.25) is 14.8 Å². The minimum Gasteiger partial charge on any atom is -0.398 e. The van der Waals surface area contributed by atoms with Gasteiger partial charge in [-0.2, -0.15) is 0 Å². The van der Waals surface area contributed by atoms with Crippen LogP contribution in [0.15, 0.2) is 24.3 Å². The molecule has 0 saturated heterocycles. The van der Waals surface area contributed by atoms with Crippen molar-refractivity contribution >= 4 is 28.3 Å². The van der Waals surface area contributed by atoms with Gasteiger partial charge in [-0.15, -0.1) is 5.06 Å². The van der Waals surface area contributed by atoms with E-state index in [2.05, 4.69) is 0 Å². The molecule has 0 saturated carbocycles. The minimum absolute atomic E-state index is 0.131. The van der Waals surface area contributed by atoms with E-state index >= 15 is 0 Å². The molecule has 2 aromatic carbocycles. The van der Waals surface area contributed by atoms with Gasteiger partial charge in [-0.05, 0) is 30.0 Å². The van der Waals surface area contributed by atoms with Crippen molar-refractivity contribution in [2.45, 2.75) is 6.92 Å². The molecule has 3 N–H and O–H groups in total. The molecule has 0 unspecified atom stereocenters. The van der Waals surface area contributed by atoms with Crippen molar-refractivity contribution in [3.05, 3.63) is 41.0 Å². The second-order valence-electron chi connectivity index (χ2n) is 4.29. The van der Waals surface area contributed by atoms with Gasteiger partial charge in [0.1, 0.15) is 0 Å². The first-order chi connectivity index (χ1) is 8.52. The van der Waals surface area contributed by atoms with Crippen LogP contribution in [-0.4, -0.2) is 22.1 Å². The number of nitrogens with two attached hydrogens (primary N) is 1. The summed E-state index contributed by atoms with van der Waals surface area (Å²) >= 11 is 0. The molecule has 5 heteroatoms. The van der Waals surface area contributed by atoms with Crippen LogP contribution in [0.5, 0.6) is 0 Å². The maximum absolute atomic E-state index is 11.9. The maximum atomic E-state index is 11.9. The highest BCUT2D eigenvalue weighted by atomic mass is 16.5. The Balaban J connectivity index is 2.57. The number of hydrogen-bond donors (Lipinski definition) is 2. The number of hydroxylamine groups is 2. The SMILES string of the molecule is Cc1c(N)cc2c3c(cccc13)C(=O)N(O)C2=O. The molecule has 1 aliphatic rings. The summed E-state index contributed by atoms with van der Waals surface area (Å²) < 4.78 is 0.